The minimum absolute atomic E-state index is 0.121. The molecule has 1 aromatic carbocycles. The molecule has 1 aliphatic heterocycles. The maximum atomic E-state index is 14.4. The smallest absolute Gasteiger partial charge is 0.410 e. The monoisotopic (exact) mass is 513 g/mol. The van der Waals surface area contributed by atoms with Gasteiger partial charge in [-0.05, 0) is 46.8 Å². The van der Waals surface area contributed by atoms with Crippen molar-refractivity contribution in [3.63, 3.8) is 0 Å². The zero-order valence-electron chi connectivity index (χ0n) is 21.9. The number of carbonyl (C=O) groups is 2. The Morgan fingerprint density at radius 1 is 1.24 bits per heavy atom. The van der Waals surface area contributed by atoms with Gasteiger partial charge in [-0.3, -0.25) is 9.48 Å². The second-order valence-corrected chi connectivity index (χ2v) is 9.94. The fourth-order valence-corrected chi connectivity index (χ4v) is 4.13. The van der Waals surface area contributed by atoms with Gasteiger partial charge in [0.05, 0.1) is 6.61 Å². The molecule has 1 N–H and O–H groups in total. The van der Waals surface area contributed by atoms with Gasteiger partial charge in [-0.15, -0.1) is 0 Å². The van der Waals surface area contributed by atoms with E-state index in [-0.39, 0.29) is 41.4 Å². The number of amides is 2. The van der Waals surface area contributed by atoms with Crippen LogP contribution in [0.3, 0.4) is 0 Å². The number of aromatic nitrogens is 4. The fraction of sp³-hybridized carbons (Fsp3) is 0.480. The third-order valence-electron chi connectivity index (χ3n) is 5.74. The van der Waals surface area contributed by atoms with Crippen LogP contribution in [-0.2, 0) is 11.8 Å². The van der Waals surface area contributed by atoms with Crippen LogP contribution in [-0.4, -0.2) is 74.5 Å². The van der Waals surface area contributed by atoms with Crippen molar-refractivity contribution in [2.75, 3.05) is 36.5 Å². The average Bonchev–Trinajstić information content (AvgIpc) is 3.18. The Hall–Kier alpha value is -3.96. The Morgan fingerprint density at radius 2 is 2.00 bits per heavy atom. The van der Waals surface area contributed by atoms with Crippen LogP contribution in [0.4, 0.5) is 20.8 Å². The molecule has 0 bridgehead atoms. The lowest BCUT2D eigenvalue weighted by Crippen LogP contribution is -2.55. The van der Waals surface area contributed by atoms with E-state index in [0.717, 1.165) is 0 Å². The van der Waals surface area contributed by atoms with E-state index in [1.54, 1.807) is 31.1 Å². The van der Waals surface area contributed by atoms with Crippen LogP contribution in [0.5, 0.6) is 5.88 Å². The summed E-state index contributed by atoms with van der Waals surface area (Å²) in [5.74, 6) is -0.556. The number of carbonyl (C=O) groups excluding carboxylic acids is 2. The van der Waals surface area contributed by atoms with Crippen molar-refractivity contribution < 1.29 is 23.5 Å². The fourth-order valence-electron chi connectivity index (χ4n) is 4.13. The zero-order valence-corrected chi connectivity index (χ0v) is 21.9. The minimum atomic E-state index is -0.574. The Morgan fingerprint density at radius 3 is 2.68 bits per heavy atom. The second-order valence-electron chi connectivity index (χ2n) is 9.94. The maximum Gasteiger partial charge on any atom is 0.410 e. The molecule has 1 aliphatic rings. The number of rotatable bonds is 5. The van der Waals surface area contributed by atoms with Crippen molar-refractivity contribution in [3.05, 3.63) is 35.9 Å². The summed E-state index contributed by atoms with van der Waals surface area (Å²) < 4.78 is 27.1. The molecule has 0 aliphatic carbocycles. The van der Waals surface area contributed by atoms with E-state index in [2.05, 4.69) is 20.4 Å². The minimum Gasteiger partial charge on any atom is -0.477 e. The number of nitrogens with zero attached hydrogens (tertiary/aromatic N) is 6. The zero-order chi connectivity index (χ0) is 26.9. The standard InChI is InChI=1S/C25H32FN7O4/c1-7-36-22-18(21(34)28-17-10-16-14-31(6)30-20(16)19(26)11-17)12-27-23(29-22)32-8-9-33(15(2)13-32)24(35)37-25(3,4)5/h10-12,14-15H,7-9,13H2,1-6H3,(H,28,34)/t15-/m1/s1. The van der Waals surface area contributed by atoms with Crippen LogP contribution in [0, 0.1) is 5.82 Å². The number of halogens is 1. The van der Waals surface area contributed by atoms with Crippen LogP contribution >= 0.6 is 0 Å². The second kappa shape index (κ2) is 10.2. The molecule has 198 valence electrons. The SMILES string of the molecule is CCOc1nc(N2CCN(C(=O)OC(C)(C)C)[C@H](C)C2)ncc1C(=O)Nc1cc(F)c2nn(C)cc2c1. The van der Waals surface area contributed by atoms with Gasteiger partial charge < -0.3 is 24.6 Å². The largest absolute Gasteiger partial charge is 0.477 e. The molecule has 11 nitrogen and oxygen atoms in total. The molecular weight excluding hydrogens is 481 g/mol. The highest BCUT2D eigenvalue weighted by Crippen LogP contribution is 2.25. The van der Waals surface area contributed by atoms with Gasteiger partial charge in [0.1, 0.15) is 16.7 Å². The number of ether oxygens (including phenoxy) is 2. The maximum absolute atomic E-state index is 14.4. The lowest BCUT2D eigenvalue weighted by atomic mass is 10.2. The first-order chi connectivity index (χ1) is 17.4. The molecule has 2 amide bonds. The lowest BCUT2D eigenvalue weighted by Gasteiger charge is -2.40. The first kappa shape index (κ1) is 26.1. The molecule has 3 aromatic rings. The van der Waals surface area contributed by atoms with E-state index in [9.17, 15) is 14.0 Å². The Balaban J connectivity index is 1.50. The van der Waals surface area contributed by atoms with E-state index in [1.807, 2.05) is 32.6 Å². The molecule has 1 atom stereocenters. The highest BCUT2D eigenvalue weighted by atomic mass is 19.1. The molecular formula is C25H32FN7O4. The number of hydrogen-bond donors (Lipinski definition) is 1. The number of aryl methyl sites for hydroxylation is 1. The van der Waals surface area contributed by atoms with Gasteiger partial charge in [0.25, 0.3) is 5.91 Å². The Kier molecular flexibility index (Phi) is 7.19. The molecule has 0 saturated carbocycles. The Bertz CT molecular complexity index is 1320. The molecule has 12 heteroatoms. The first-order valence-corrected chi connectivity index (χ1v) is 12.1. The van der Waals surface area contributed by atoms with Gasteiger partial charge in [-0.25, -0.2) is 14.2 Å². The molecule has 0 spiro atoms. The molecule has 3 heterocycles. The average molecular weight is 514 g/mol. The van der Waals surface area contributed by atoms with Gasteiger partial charge in [0, 0.05) is 56.2 Å². The highest BCUT2D eigenvalue weighted by Gasteiger charge is 2.32. The number of hydrogen-bond acceptors (Lipinski definition) is 8. The van der Waals surface area contributed by atoms with Crippen molar-refractivity contribution in [1.29, 1.82) is 0 Å². The van der Waals surface area contributed by atoms with Gasteiger partial charge in [-0.1, -0.05) is 0 Å². The number of benzene rings is 1. The lowest BCUT2D eigenvalue weighted by molar-refractivity contribution is 0.0158. The molecule has 1 saturated heterocycles. The third kappa shape index (κ3) is 5.89. The van der Waals surface area contributed by atoms with Gasteiger partial charge in [0.2, 0.25) is 11.8 Å². The van der Waals surface area contributed by atoms with E-state index >= 15 is 0 Å². The summed E-state index contributed by atoms with van der Waals surface area (Å²) in [6, 6.07) is 2.72. The summed E-state index contributed by atoms with van der Waals surface area (Å²) in [5.41, 5.74) is 0.0542. The van der Waals surface area contributed by atoms with Crippen LogP contribution in [0.1, 0.15) is 45.0 Å². The molecule has 0 radical (unpaired) electrons. The quantitative estimate of drug-likeness (QED) is 0.550. The van der Waals surface area contributed by atoms with Crippen molar-refractivity contribution in [2.45, 2.75) is 46.3 Å². The van der Waals surface area contributed by atoms with Crippen LogP contribution in [0.15, 0.2) is 24.5 Å². The van der Waals surface area contributed by atoms with Gasteiger partial charge in [0.15, 0.2) is 5.82 Å². The summed E-state index contributed by atoms with van der Waals surface area (Å²) in [6.45, 7) is 10.9. The normalized spacial score (nSPS) is 16.1. The van der Waals surface area contributed by atoms with E-state index < -0.39 is 17.3 Å². The van der Waals surface area contributed by atoms with Crippen molar-refractivity contribution in [3.8, 4) is 5.88 Å². The summed E-state index contributed by atoms with van der Waals surface area (Å²) in [4.78, 5) is 38.1. The third-order valence-corrected chi connectivity index (χ3v) is 5.74. The van der Waals surface area contributed by atoms with Gasteiger partial charge >= 0.3 is 6.09 Å². The van der Waals surface area contributed by atoms with Crippen molar-refractivity contribution in [2.24, 2.45) is 7.05 Å². The predicted molar refractivity (Wildman–Crippen MR) is 136 cm³/mol. The van der Waals surface area contributed by atoms with Crippen molar-refractivity contribution in [1.82, 2.24) is 24.6 Å². The Labute approximate surface area is 214 Å². The molecule has 1 fully saturated rings. The summed E-state index contributed by atoms with van der Waals surface area (Å²) in [7, 11) is 1.70. The predicted octanol–water partition coefficient (Wildman–Crippen LogP) is 3.60. The summed E-state index contributed by atoms with van der Waals surface area (Å²) >= 11 is 0. The molecule has 0 unspecified atom stereocenters. The highest BCUT2D eigenvalue weighted by molar-refractivity contribution is 6.06. The number of fused-ring (bicyclic) bond motifs is 1. The number of anilines is 2. The van der Waals surface area contributed by atoms with Gasteiger partial charge in [-0.2, -0.15) is 10.1 Å². The number of nitrogens with one attached hydrogen (secondary N) is 1. The molecule has 2 aromatic heterocycles. The summed E-state index contributed by atoms with van der Waals surface area (Å²) in [5, 5.41) is 7.33. The van der Waals surface area contributed by atoms with E-state index in [4.69, 9.17) is 9.47 Å². The van der Waals surface area contributed by atoms with Crippen molar-refractivity contribution >= 4 is 34.5 Å². The number of piperazine rings is 1. The van der Waals surface area contributed by atoms with Crippen LogP contribution in [0.2, 0.25) is 0 Å². The van der Waals surface area contributed by atoms with Crippen LogP contribution in [0.25, 0.3) is 10.9 Å². The van der Waals surface area contributed by atoms with Crippen LogP contribution < -0.4 is 15.0 Å². The molecule has 4 rings (SSSR count). The first-order valence-electron chi connectivity index (χ1n) is 12.1. The molecule has 37 heavy (non-hydrogen) atoms. The van der Waals surface area contributed by atoms with E-state index in [0.29, 0.717) is 31.0 Å². The van der Waals surface area contributed by atoms with E-state index in [1.165, 1.54) is 16.9 Å². The summed E-state index contributed by atoms with van der Waals surface area (Å²) in [6.07, 6.45) is 2.71. The topological polar surface area (TPSA) is 115 Å².